The molecule has 1 unspecified atom stereocenters. The highest BCUT2D eigenvalue weighted by Crippen LogP contribution is 2.00. The average Bonchev–Trinajstić information content (AvgIpc) is 2.13. The van der Waals surface area contributed by atoms with E-state index >= 15 is 0 Å². The molecule has 79 valence electrons. The minimum atomic E-state index is 0.128. The van der Waals surface area contributed by atoms with Gasteiger partial charge in [0.1, 0.15) is 6.61 Å². The first-order valence-electron chi connectivity index (χ1n) is 5.37. The number of unbranched alkanes of at least 4 members (excludes halogenated alkanes) is 2. The highest BCUT2D eigenvalue weighted by atomic mass is 16.5. The van der Waals surface area contributed by atoms with E-state index in [1.807, 2.05) is 6.92 Å². The maximum absolute atomic E-state index is 5.48. The van der Waals surface area contributed by atoms with E-state index in [0.717, 1.165) is 26.1 Å². The second-order valence-corrected chi connectivity index (χ2v) is 3.29. The molecule has 0 aromatic carbocycles. The largest absolute Gasteiger partial charge is 0.376 e. The third-order valence-electron chi connectivity index (χ3n) is 1.78. The lowest BCUT2D eigenvalue weighted by Gasteiger charge is -2.11. The maximum Gasteiger partial charge on any atom is 0.112 e. The van der Waals surface area contributed by atoms with Gasteiger partial charge in [-0.3, -0.25) is 0 Å². The Bertz CT molecular complexity index is 94.1. The second kappa shape index (κ2) is 10.0. The Morgan fingerprint density at radius 3 is 2.31 bits per heavy atom. The van der Waals surface area contributed by atoms with Gasteiger partial charge in [0.15, 0.2) is 0 Å². The molecule has 0 saturated heterocycles. The molecule has 0 aliphatic carbocycles. The highest BCUT2D eigenvalue weighted by Gasteiger charge is 2.01. The van der Waals surface area contributed by atoms with Gasteiger partial charge in [-0.2, -0.15) is 0 Å². The van der Waals surface area contributed by atoms with Gasteiger partial charge in [-0.15, -0.1) is 0 Å². The molecular weight excluding hydrogens is 164 g/mol. The summed E-state index contributed by atoms with van der Waals surface area (Å²) in [6.45, 7) is 9.79. The average molecular weight is 187 g/mol. The van der Waals surface area contributed by atoms with Gasteiger partial charge in [0.25, 0.3) is 0 Å². The Labute approximate surface area is 82.6 Å². The number of hydrogen-bond acceptors (Lipinski definition) is 2. The van der Waals surface area contributed by atoms with Crippen molar-refractivity contribution in [2.24, 2.45) is 0 Å². The first-order chi connectivity index (χ1) is 6.31. The van der Waals surface area contributed by atoms with Gasteiger partial charge in [0, 0.05) is 13.2 Å². The Morgan fingerprint density at radius 1 is 1.08 bits per heavy atom. The molecule has 0 N–H and O–H groups in total. The van der Waals surface area contributed by atoms with Gasteiger partial charge >= 0.3 is 0 Å². The van der Waals surface area contributed by atoms with Crippen LogP contribution in [0.2, 0.25) is 0 Å². The molecule has 0 spiro atoms. The van der Waals surface area contributed by atoms with Gasteiger partial charge in [-0.25, -0.2) is 0 Å². The third kappa shape index (κ3) is 9.84. The molecule has 1 atom stereocenters. The molecule has 0 saturated carbocycles. The van der Waals surface area contributed by atoms with Crippen LogP contribution in [0, 0.1) is 6.61 Å². The molecule has 13 heavy (non-hydrogen) atoms. The smallest absolute Gasteiger partial charge is 0.112 e. The molecule has 1 radical (unpaired) electrons. The van der Waals surface area contributed by atoms with E-state index in [-0.39, 0.29) is 6.10 Å². The summed E-state index contributed by atoms with van der Waals surface area (Å²) in [6, 6.07) is 0. The second-order valence-electron chi connectivity index (χ2n) is 3.29. The van der Waals surface area contributed by atoms with Crippen LogP contribution in [-0.2, 0) is 9.47 Å². The van der Waals surface area contributed by atoms with Crippen molar-refractivity contribution in [1.29, 1.82) is 0 Å². The number of rotatable bonds is 9. The topological polar surface area (TPSA) is 18.5 Å². The van der Waals surface area contributed by atoms with Crippen LogP contribution in [0.4, 0.5) is 0 Å². The summed E-state index contributed by atoms with van der Waals surface area (Å²) < 4.78 is 10.8. The van der Waals surface area contributed by atoms with Crippen molar-refractivity contribution in [3.63, 3.8) is 0 Å². The lowest BCUT2D eigenvalue weighted by Crippen LogP contribution is -2.12. The van der Waals surface area contributed by atoms with Crippen molar-refractivity contribution >= 4 is 0 Å². The molecule has 0 amide bonds. The first-order valence-corrected chi connectivity index (χ1v) is 5.37. The van der Waals surface area contributed by atoms with Gasteiger partial charge < -0.3 is 9.47 Å². The van der Waals surface area contributed by atoms with Crippen molar-refractivity contribution in [3.05, 3.63) is 6.61 Å². The van der Waals surface area contributed by atoms with Crippen molar-refractivity contribution in [3.8, 4) is 0 Å². The van der Waals surface area contributed by atoms with Crippen LogP contribution in [-0.4, -0.2) is 19.3 Å². The summed E-state index contributed by atoms with van der Waals surface area (Å²) in [5, 5.41) is 0. The van der Waals surface area contributed by atoms with E-state index in [1.165, 1.54) is 12.8 Å². The van der Waals surface area contributed by atoms with E-state index in [4.69, 9.17) is 9.47 Å². The summed E-state index contributed by atoms with van der Waals surface area (Å²) in [5.74, 6) is 0. The van der Waals surface area contributed by atoms with Gasteiger partial charge in [0.2, 0.25) is 0 Å². The van der Waals surface area contributed by atoms with Gasteiger partial charge in [-0.05, 0) is 19.8 Å². The fourth-order valence-electron chi connectivity index (χ4n) is 0.884. The number of hydrogen-bond donors (Lipinski definition) is 0. The Kier molecular flexibility index (Phi) is 9.94. The fourth-order valence-corrected chi connectivity index (χ4v) is 0.884. The molecule has 0 rings (SSSR count). The van der Waals surface area contributed by atoms with Crippen LogP contribution < -0.4 is 0 Å². The van der Waals surface area contributed by atoms with Crippen LogP contribution in [0.5, 0.6) is 0 Å². The quantitative estimate of drug-likeness (QED) is 0.516. The van der Waals surface area contributed by atoms with Gasteiger partial charge in [-0.1, -0.05) is 26.7 Å². The van der Waals surface area contributed by atoms with Crippen LogP contribution >= 0.6 is 0 Å². The highest BCUT2D eigenvalue weighted by molar-refractivity contribution is 4.61. The minimum absolute atomic E-state index is 0.128. The standard InChI is InChI=1S/C11H23O2/c1-4-6-8-12-10-11(3)13-9-7-5-2/h10-11H,4-9H2,1-3H3. The molecule has 2 nitrogen and oxygen atoms in total. The number of ether oxygens (including phenoxy) is 2. The molecule has 0 aromatic rings. The predicted octanol–water partition coefficient (Wildman–Crippen LogP) is 3.17. The molecule has 0 aliphatic rings. The molecule has 0 aromatic heterocycles. The Hall–Kier alpha value is -0.0800. The van der Waals surface area contributed by atoms with Crippen molar-refractivity contribution in [1.82, 2.24) is 0 Å². The lowest BCUT2D eigenvalue weighted by atomic mass is 10.3. The Balaban J connectivity index is 3.05. The maximum atomic E-state index is 5.48. The summed E-state index contributed by atoms with van der Waals surface area (Å²) >= 11 is 0. The van der Waals surface area contributed by atoms with Gasteiger partial charge in [0.05, 0.1) is 6.10 Å². The van der Waals surface area contributed by atoms with E-state index in [0.29, 0.717) is 0 Å². The fraction of sp³-hybridized carbons (Fsp3) is 0.909. The molecule has 0 heterocycles. The van der Waals surface area contributed by atoms with E-state index in [1.54, 1.807) is 6.61 Å². The van der Waals surface area contributed by atoms with E-state index < -0.39 is 0 Å². The summed E-state index contributed by atoms with van der Waals surface area (Å²) in [4.78, 5) is 0. The predicted molar refractivity (Wildman–Crippen MR) is 55.5 cm³/mol. The Morgan fingerprint density at radius 2 is 1.69 bits per heavy atom. The zero-order valence-corrected chi connectivity index (χ0v) is 9.21. The van der Waals surface area contributed by atoms with Crippen LogP contribution in [0.1, 0.15) is 46.5 Å². The normalized spacial score (nSPS) is 13.2. The summed E-state index contributed by atoms with van der Waals surface area (Å²) in [6.07, 6.45) is 4.75. The molecular formula is C11H23O2. The lowest BCUT2D eigenvalue weighted by molar-refractivity contribution is 0.0310. The van der Waals surface area contributed by atoms with Crippen molar-refractivity contribution in [2.75, 3.05) is 13.2 Å². The third-order valence-corrected chi connectivity index (χ3v) is 1.78. The van der Waals surface area contributed by atoms with E-state index in [9.17, 15) is 0 Å². The molecule has 0 aliphatic heterocycles. The zero-order chi connectivity index (χ0) is 9.94. The van der Waals surface area contributed by atoms with Crippen molar-refractivity contribution in [2.45, 2.75) is 52.6 Å². The minimum Gasteiger partial charge on any atom is -0.376 e. The monoisotopic (exact) mass is 187 g/mol. The molecule has 0 fully saturated rings. The van der Waals surface area contributed by atoms with Crippen LogP contribution in [0.3, 0.4) is 0 Å². The van der Waals surface area contributed by atoms with Crippen LogP contribution in [0.15, 0.2) is 0 Å². The summed E-state index contributed by atoms with van der Waals surface area (Å²) in [5.41, 5.74) is 0. The van der Waals surface area contributed by atoms with Crippen LogP contribution in [0.25, 0.3) is 0 Å². The zero-order valence-electron chi connectivity index (χ0n) is 9.21. The molecule has 2 heteroatoms. The first kappa shape index (κ1) is 12.9. The van der Waals surface area contributed by atoms with Crippen molar-refractivity contribution < 1.29 is 9.47 Å². The SMILES string of the molecule is CCCCO[CH]C(C)OCCCC. The summed E-state index contributed by atoms with van der Waals surface area (Å²) in [7, 11) is 0. The van der Waals surface area contributed by atoms with E-state index in [2.05, 4.69) is 13.8 Å². The molecule has 0 bridgehead atoms.